The van der Waals surface area contributed by atoms with E-state index in [1.54, 1.807) is 6.92 Å². The SMILES string of the molecule is Cc1ccc(S(C)(=O)=O)cc1C(=O)OCC(=O)NC1(C#N)CCCC1. The molecule has 0 aliphatic heterocycles. The number of rotatable bonds is 5. The lowest BCUT2D eigenvalue weighted by Gasteiger charge is -2.21. The van der Waals surface area contributed by atoms with Gasteiger partial charge >= 0.3 is 5.97 Å². The molecule has 1 N–H and O–H groups in total. The monoisotopic (exact) mass is 364 g/mol. The molecule has 0 aromatic heterocycles. The van der Waals surface area contributed by atoms with Crippen LogP contribution < -0.4 is 5.32 Å². The summed E-state index contributed by atoms with van der Waals surface area (Å²) in [6.45, 7) is 1.12. The molecule has 25 heavy (non-hydrogen) atoms. The first-order chi connectivity index (χ1) is 11.7. The standard InChI is InChI=1S/C17H20N2O5S/c1-12-5-6-13(25(2,22)23)9-14(12)16(21)24-10-15(20)19-17(11-18)7-3-4-8-17/h5-6,9H,3-4,7-8,10H2,1-2H3,(H,19,20). The molecule has 2 rings (SSSR count). The van der Waals surface area contributed by atoms with E-state index in [0.717, 1.165) is 19.1 Å². The first-order valence-corrected chi connectivity index (χ1v) is 9.76. The second-order valence-corrected chi connectivity index (χ2v) is 8.29. The Hall–Kier alpha value is -2.40. The number of hydrogen-bond acceptors (Lipinski definition) is 6. The molecule has 8 heteroatoms. The number of sulfone groups is 1. The van der Waals surface area contributed by atoms with Gasteiger partial charge in [0.15, 0.2) is 16.4 Å². The molecule has 1 aromatic rings. The van der Waals surface area contributed by atoms with Gasteiger partial charge in [0.25, 0.3) is 5.91 Å². The van der Waals surface area contributed by atoms with Crippen LogP contribution in [0.4, 0.5) is 0 Å². The van der Waals surface area contributed by atoms with E-state index in [0.29, 0.717) is 18.4 Å². The van der Waals surface area contributed by atoms with Crippen molar-refractivity contribution in [2.45, 2.75) is 43.0 Å². The summed E-state index contributed by atoms with van der Waals surface area (Å²) in [5, 5.41) is 11.9. The number of ether oxygens (including phenoxy) is 1. The Morgan fingerprint density at radius 2 is 1.96 bits per heavy atom. The molecule has 0 radical (unpaired) electrons. The first kappa shape index (κ1) is 18.9. The quantitative estimate of drug-likeness (QED) is 0.792. The molecule has 0 unspecified atom stereocenters. The fourth-order valence-electron chi connectivity index (χ4n) is 2.81. The number of nitrogens with zero attached hydrogens (tertiary/aromatic N) is 1. The third-order valence-corrected chi connectivity index (χ3v) is 5.35. The topological polar surface area (TPSA) is 113 Å². The number of carbonyl (C=O) groups excluding carboxylic acids is 2. The number of amides is 1. The maximum absolute atomic E-state index is 12.2. The minimum Gasteiger partial charge on any atom is -0.452 e. The van der Waals surface area contributed by atoms with E-state index in [4.69, 9.17) is 4.74 Å². The van der Waals surface area contributed by atoms with Gasteiger partial charge in [-0.05, 0) is 50.3 Å². The minimum atomic E-state index is -3.46. The Morgan fingerprint density at radius 1 is 1.32 bits per heavy atom. The van der Waals surface area contributed by atoms with E-state index in [1.165, 1.54) is 18.2 Å². The van der Waals surface area contributed by atoms with Crippen LogP contribution in [0.5, 0.6) is 0 Å². The van der Waals surface area contributed by atoms with Crippen LogP contribution in [0.15, 0.2) is 23.1 Å². The summed E-state index contributed by atoms with van der Waals surface area (Å²) in [5.74, 6) is -1.33. The van der Waals surface area contributed by atoms with E-state index in [-0.39, 0.29) is 10.5 Å². The molecule has 0 atom stereocenters. The van der Waals surface area contributed by atoms with Gasteiger partial charge in [-0.25, -0.2) is 13.2 Å². The van der Waals surface area contributed by atoms with Crippen LogP contribution in [-0.2, 0) is 19.4 Å². The predicted octanol–water partition coefficient (Wildman–Crippen LogP) is 1.51. The third-order valence-electron chi connectivity index (χ3n) is 4.24. The van der Waals surface area contributed by atoms with Gasteiger partial charge in [0.2, 0.25) is 0 Å². The average molecular weight is 364 g/mol. The molecule has 0 saturated heterocycles. The number of aryl methyl sites for hydroxylation is 1. The number of esters is 1. The highest BCUT2D eigenvalue weighted by atomic mass is 32.2. The smallest absolute Gasteiger partial charge is 0.338 e. The van der Waals surface area contributed by atoms with Crippen molar-refractivity contribution in [2.24, 2.45) is 0 Å². The van der Waals surface area contributed by atoms with Crippen molar-refractivity contribution in [1.29, 1.82) is 5.26 Å². The molecule has 0 bridgehead atoms. The van der Waals surface area contributed by atoms with E-state index in [2.05, 4.69) is 11.4 Å². The summed E-state index contributed by atoms with van der Waals surface area (Å²) in [7, 11) is -3.46. The molecule has 1 aliphatic rings. The van der Waals surface area contributed by atoms with Crippen LogP contribution in [0.25, 0.3) is 0 Å². The molecular formula is C17H20N2O5S. The van der Waals surface area contributed by atoms with Gasteiger partial charge in [0.1, 0.15) is 5.54 Å². The van der Waals surface area contributed by atoms with Crippen LogP contribution in [0.2, 0.25) is 0 Å². The Labute approximate surface area is 146 Å². The normalized spacial score (nSPS) is 16.0. The highest BCUT2D eigenvalue weighted by molar-refractivity contribution is 7.90. The Bertz CT molecular complexity index is 833. The van der Waals surface area contributed by atoms with Crippen molar-refractivity contribution in [1.82, 2.24) is 5.32 Å². The molecule has 134 valence electrons. The number of carbonyl (C=O) groups is 2. The second kappa shape index (κ2) is 7.23. The molecule has 1 aliphatic carbocycles. The third kappa shape index (κ3) is 4.57. The van der Waals surface area contributed by atoms with E-state index in [1.807, 2.05) is 0 Å². The molecule has 1 saturated carbocycles. The van der Waals surface area contributed by atoms with Gasteiger partial charge < -0.3 is 10.1 Å². The molecular weight excluding hydrogens is 344 g/mol. The molecule has 1 aromatic carbocycles. The van der Waals surface area contributed by atoms with Crippen molar-refractivity contribution >= 4 is 21.7 Å². The average Bonchev–Trinajstić information content (AvgIpc) is 3.01. The van der Waals surface area contributed by atoms with E-state index in [9.17, 15) is 23.3 Å². The summed E-state index contributed by atoms with van der Waals surface area (Å²) in [5.41, 5.74) is -0.246. The van der Waals surface area contributed by atoms with E-state index >= 15 is 0 Å². The van der Waals surface area contributed by atoms with Crippen LogP contribution in [0.1, 0.15) is 41.6 Å². The molecule has 1 fully saturated rings. The van der Waals surface area contributed by atoms with Crippen LogP contribution >= 0.6 is 0 Å². The molecule has 0 heterocycles. The zero-order valence-corrected chi connectivity index (χ0v) is 15.0. The van der Waals surface area contributed by atoms with Crippen molar-refractivity contribution in [2.75, 3.05) is 12.9 Å². The zero-order chi connectivity index (χ0) is 18.7. The second-order valence-electron chi connectivity index (χ2n) is 6.27. The fraction of sp³-hybridized carbons (Fsp3) is 0.471. The summed E-state index contributed by atoms with van der Waals surface area (Å²) < 4.78 is 28.2. The fourth-order valence-corrected chi connectivity index (χ4v) is 3.45. The largest absolute Gasteiger partial charge is 0.452 e. The Morgan fingerprint density at radius 3 is 2.52 bits per heavy atom. The van der Waals surface area contributed by atoms with Crippen molar-refractivity contribution < 1.29 is 22.7 Å². The van der Waals surface area contributed by atoms with Crippen LogP contribution in [-0.4, -0.2) is 38.7 Å². The van der Waals surface area contributed by atoms with Crippen molar-refractivity contribution in [3.63, 3.8) is 0 Å². The number of benzene rings is 1. The number of nitriles is 1. The first-order valence-electron chi connectivity index (χ1n) is 7.87. The summed E-state index contributed by atoms with van der Waals surface area (Å²) in [6.07, 6.45) is 3.94. The lowest BCUT2D eigenvalue weighted by atomic mass is 10.00. The van der Waals surface area contributed by atoms with Crippen molar-refractivity contribution in [3.8, 4) is 6.07 Å². The highest BCUT2D eigenvalue weighted by Crippen LogP contribution is 2.28. The maximum atomic E-state index is 12.2. The Kier molecular flexibility index (Phi) is 5.48. The zero-order valence-electron chi connectivity index (χ0n) is 14.2. The summed E-state index contributed by atoms with van der Waals surface area (Å²) in [4.78, 5) is 24.2. The van der Waals surface area contributed by atoms with Gasteiger partial charge in [-0.2, -0.15) is 5.26 Å². The Balaban J connectivity index is 2.03. The van der Waals surface area contributed by atoms with Gasteiger partial charge in [-0.15, -0.1) is 0 Å². The van der Waals surface area contributed by atoms with Crippen LogP contribution in [0.3, 0.4) is 0 Å². The molecule has 7 nitrogen and oxygen atoms in total. The highest BCUT2D eigenvalue weighted by Gasteiger charge is 2.35. The number of nitrogens with one attached hydrogen (secondary N) is 1. The molecule has 1 amide bonds. The lowest BCUT2D eigenvalue weighted by molar-refractivity contribution is -0.125. The van der Waals surface area contributed by atoms with Gasteiger partial charge in [-0.1, -0.05) is 6.07 Å². The van der Waals surface area contributed by atoms with Gasteiger partial charge in [-0.3, -0.25) is 4.79 Å². The van der Waals surface area contributed by atoms with E-state index < -0.39 is 33.9 Å². The summed E-state index contributed by atoms with van der Waals surface area (Å²) in [6, 6.07) is 6.27. The summed E-state index contributed by atoms with van der Waals surface area (Å²) >= 11 is 0. The minimum absolute atomic E-state index is 0.00360. The number of hydrogen-bond donors (Lipinski definition) is 1. The van der Waals surface area contributed by atoms with Gasteiger partial charge in [0.05, 0.1) is 16.5 Å². The van der Waals surface area contributed by atoms with Crippen LogP contribution in [0, 0.1) is 18.3 Å². The van der Waals surface area contributed by atoms with Crippen molar-refractivity contribution in [3.05, 3.63) is 29.3 Å². The maximum Gasteiger partial charge on any atom is 0.338 e. The predicted molar refractivity (Wildman–Crippen MR) is 89.5 cm³/mol. The molecule has 0 spiro atoms. The van der Waals surface area contributed by atoms with Gasteiger partial charge in [0, 0.05) is 6.26 Å². The lowest BCUT2D eigenvalue weighted by Crippen LogP contribution is -2.46.